The van der Waals surface area contributed by atoms with Crippen LogP contribution in [0, 0.1) is 6.92 Å². The summed E-state index contributed by atoms with van der Waals surface area (Å²) in [5.74, 6) is 1.08. The second-order valence-corrected chi connectivity index (χ2v) is 6.08. The molecule has 0 atom stereocenters. The van der Waals surface area contributed by atoms with E-state index in [0.717, 1.165) is 25.3 Å². The van der Waals surface area contributed by atoms with Gasteiger partial charge < -0.3 is 10.1 Å². The predicted octanol–water partition coefficient (Wildman–Crippen LogP) is 4.09. The Labute approximate surface area is 127 Å². The van der Waals surface area contributed by atoms with Crippen LogP contribution in [0.3, 0.4) is 0 Å². The molecule has 0 saturated carbocycles. The summed E-state index contributed by atoms with van der Waals surface area (Å²) < 4.78 is 5.86. The van der Waals surface area contributed by atoms with Crippen LogP contribution in [-0.4, -0.2) is 12.6 Å². The zero-order valence-corrected chi connectivity index (χ0v) is 13.1. The summed E-state index contributed by atoms with van der Waals surface area (Å²) in [4.78, 5) is 0. The normalized spacial score (nSPS) is 13.3. The number of ether oxygens (including phenoxy) is 1. The monoisotopic (exact) mass is 281 g/mol. The summed E-state index contributed by atoms with van der Waals surface area (Å²) in [6.45, 7) is 8.23. The summed E-state index contributed by atoms with van der Waals surface area (Å²) in [5.41, 5.74) is 6.47. The van der Waals surface area contributed by atoms with Crippen LogP contribution in [0.2, 0.25) is 0 Å². The van der Waals surface area contributed by atoms with E-state index in [-0.39, 0.29) is 0 Å². The molecule has 0 radical (unpaired) electrons. The average molecular weight is 281 g/mol. The van der Waals surface area contributed by atoms with Gasteiger partial charge in [0.2, 0.25) is 0 Å². The lowest BCUT2D eigenvalue weighted by atomic mass is 9.95. The van der Waals surface area contributed by atoms with Gasteiger partial charge in [0.15, 0.2) is 0 Å². The molecule has 0 spiro atoms. The van der Waals surface area contributed by atoms with E-state index in [4.69, 9.17) is 4.74 Å². The van der Waals surface area contributed by atoms with Crippen molar-refractivity contribution in [1.82, 2.24) is 5.32 Å². The van der Waals surface area contributed by atoms with Crippen LogP contribution >= 0.6 is 0 Å². The number of hydrogen-bond acceptors (Lipinski definition) is 2. The summed E-state index contributed by atoms with van der Waals surface area (Å²) >= 11 is 0. The van der Waals surface area contributed by atoms with Gasteiger partial charge in [-0.1, -0.05) is 44.2 Å². The van der Waals surface area contributed by atoms with Gasteiger partial charge in [0.05, 0.1) is 6.61 Å². The quantitative estimate of drug-likeness (QED) is 0.911. The van der Waals surface area contributed by atoms with E-state index in [1.54, 1.807) is 0 Å². The van der Waals surface area contributed by atoms with Crippen molar-refractivity contribution >= 4 is 0 Å². The molecule has 110 valence electrons. The molecule has 21 heavy (non-hydrogen) atoms. The minimum atomic E-state index is 0.499. The highest BCUT2D eigenvalue weighted by molar-refractivity contribution is 5.75. The molecule has 2 aromatic carbocycles. The van der Waals surface area contributed by atoms with Crippen LogP contribution in [0.25, 0.3) is 11.1 Å². The molecule has 0 saturated heterocycles. The van der Waals surface area contributed by atoms with Crippen LogP contribution in [0.15, 0.2) is 36.4 Å². The minimum absolute atomic E-state index is 0.499. The van der Waals surface area contributed by atoms with E-state index in [0.29, 0.717) is 6.04 Å². The summed E-state index contributed by atoms with van der Waals surface area (Å²) in [6.07, 6.45) is 1.02. The Morgan fingerprint density at radius 2 is 2.00 bits per heavy atom. The van der Waals surface area contributed by atoms with Crippen molar-refractivity contribution in [1.29, 1.82) is 0 Å². The third-order valence-corrected chi connectivity index (χ3v) is 4.02. The average Bonchev–Trinajstić information content (AvgIpc) is 2.95. The van der Waals surface area contributed by atoms with Crippen LogP contribution in [0.5, 0.6) is 5.75 Å². The molecule has 1 heterocycles. The summed E-state index contributed by atoms with van der Waals surface area (Å²) in [6, 6.07) is 13.7. The Hall–Kier alpha value is -1.80. The molecule has 0 fully saturated rings. The van der Waals surface area contributed by atoms with E-state index in [2.05, 4.69) is 62.5 Å². The number of nitrogens with one attached hydrogen (secondary N) is 1. The van der Waals surface area contributed by atoms with Gasteiger partial charge >= 0.3 is 0 Å². The highest BCUT2D eigenvalue weighted by Gasteiger charge is 2.18. The number of benzene rings is 2. The van der Waals surface area contributed by atoms with Gasteiger partial charge in [-0.25, -0.2) is 0 Å². The zero-order valence-electron chi connectivity index (χ0n) is 13.1. The second kappa shape index (κ2) is 5.90. The lowest BCUT2D eigenvalue weighted by Gasteiger charge is -2.14. The molecule has 1 aliphatic heterocycles. The van der Waals surface area contributed by atoms with Gasteiger partial charge in [0, 0.05) is 24.6 Å². The first kappa shape index (κ1) is 14.2. The molecule has 0 bridgehead atoms. The molecule has 0 aliphatic carbocycles. The molecule has 2 heteroatoms. The maximum Gasteiger partial charge on any atom is 0.130 e. The number of hydrogen-bond donors (Lipinski definition) is 1. The Kier molecular flexibility index (Phi) is 3.98. The van der Waals surface area contributed by atoms with Crippen molar-refractivity contribution in [3.8, 4) is 16.9 Å². The predicted molar refractivity (Wildman–Crippen MR) is 87.8 cm³/mol. The third-order valence-electron chi connectivity index (χ3n) is 4.02. The Morgan fingerprint density at radius 1 is 1.14 bits per heavy atom. The fourth-order valence-electron chi connectivity index (χ4n) is 2.82. The largest absolute Gasteiger partial charge is 0.492 e. The Morgan fingerprint density at radius 3 is 2.81 bits per heavy atom. The molecule has 0 amide bonds. The molecule has 0 aromatic heterocycles. The van der Waals surface area contributed by atoms with Crippen LogP contribution < -0.4 is 10.1 Å². The van der Waals surface area contributed by atoms with Crippen LogP contribution in [-0.2, 0) is 13.0 Å². The van der Waals surface area contributed by atoms with E-state index in [1.165, 1.54) is 27.8 Å². The number of fused-ring (bicyclic) bond motifs is 1. The molecule has 1 N–H and O–H groups in total. The van der Waals surface area contributed by atoms with Gasteiger partial charge in [-0.3, -0.25) is 0 Å². The van der Waals surface area contributed by atoms with Crippen molar-refractivity contribution < 1.29 is 4.74 Å². The van der Waals surface area contributed by atoms with Crippen molar-refractivity contribution in [3.05, 3.63) is 53.1 Å². The standard InChI is InChI=1S/C19H23NO/c1-13(2)20-12-15-8-7-14(3)18(11-15)17-6-4-5-16-9-10-21-19(16)17/h4-8,11,13,20H,9-10,12H2,1-3H3. The topological polar surface area (TPSA) is 21.3 Å². The lowest BCUT2D eigenvalue weighted by Crippen LogP contribution is -2.21. The van der Waals surface area contributed by atoms with Crippen LogP contribution in [0.4, 0.5) is 0 Å². The third kappa shape index (κ3) is 2.96. The first-order valence-corrected chi connectivity index (χ1v) is 7.73. The molecule has 2 aromatic rings. The SMILES string of the molecule is Cc1ccc(CNC(C)C)cc1-c1cccc2c1OCC2. The molecule has 1 aliphatic rings. The maximum absolute atomic E-state index is 5.86. The van der Waals surface area contributed by atoms with Gasteiger partial charge in [0.1, 0.15) is 5.75 Å². The van der Waals surface area contributed by atoms with E-state index in [1.807, 2.05) is 0 Å². The summed E-state index contributed by atoms with van der Waals surface area (Å²) in [7, 11) is 0. The highest BCUT2D eigenvalue weighted by atomic mass is 16.5. The highest BCUT2D eigenvalue weighted by Crippen LogP contribution is 2.38. The van der Waals surface area contributed by atoms with Crippen LogP contribution in [0.1, 0.15) is 30.5 Å². The molecular weight excluding hydrogens is 258 g/mol. The summed E-state index contributed by atoms with van der Waals surface area (Å²) in [5, 5.41) is 3.48. The fourth-order valence-corrected chi connectivity index (χ4v) is 2.82. The van der Waals surface area contributed by atoms with Crippen molar-refractivity contribution in [2.75, 3.05) is 6.61 Å². The van der Waals surface area contributed by atoms with Gasteiger partial charge in [-0.2, -0.15) is 0 Å². The molecule has 2 nitrogen and oxygen atoms in total. The van der Waals surface area contributed by atoms with Gasteiger partial charge in [-0.15, -0.1) is 0 Å². The molecule has 0 unspecified atom stereocenters. The second-order valence-electron chi connectivity index (χ2n) is 6.08. The van der Waals surface area contributed by atoms with Gasteiger partial charge in [0.25, 0.3) is 0 Å². The Balaban J connectivity index is 1.98. The first-order chi connectivity index (χ1) is 10.1. The number of para-hydroxylation sites is 1. The van der Waals surface area contributed by atoms with E-state index in [9.17, 15) is 0 Å². The fraction of sp³-hybridized carbons (Fsp3) is 0.368. The number of rotatable bonds is 4. The van der Waals surface area contributed by atoms with Gasteiger partial charge in [-0.05, 0) is 35.2 Å². The lowest BCUT2D eigenvalue weighted by molar-refractivity contribution is 0.358. The smallest absolute Gasteiger partial charge is 0.130 e. The Bertz CT molecular complexity index is 646. The van der Waals surface area contributed by atoms with E-state index >= 15 is 0 Å². The zero-order chi connectivity index (χ0) is 14.8. The van der Waals surface area contributed by atoms with Crippen molar-refractivity contribution in [3.63, 3.8) is 0 Å². The molecular formula is C19H23NO. The molecule has 3 rings (SSSR count). The first-order valence-electron chi connectivity index (χ1n) is 7.73. The van der Waals surface area contributed by atoms with E-state index < -0.39 is 0 Å². The maximum atomic E-state index is 5.86. The van der Waals surface area contributed by atoms with Crippen molar-refractivity contribution in [2.45, 2.75) is 39.8 Å². The minimum Gasteiger partial charge on any atom is -0.492 e. The van der Waals surface area contributed by atoms with Crippen molar-refractivity contribution in [2.24, 2.45) is 0 Å². The number of aryl methyl sites for hydroxylation is 1.